The third-order valence-electron chi connectivity index (χ3n) is 2.72. The van der Waals surface area contributed by atoms with Gasteiger partial charge in [-0.2, -0.15) is 0 Å². The Morgan fingerprint density at radius 3 is 2.29 bits per heavy atom. The zero-order chi connectivity index (χ0) is 12.3. The first-order valence-electron chi connectivity index (χ1n) is 5.36. The van der Waals surface area contributed by atoms with E-state index in [2.05, 4.69) is 0 Å². The van der Waals surface area contributed by atoms with Gasteiger partial charge < -0.3 is 10.5 Å². The second-order valence-corrected chi connectivity index (χ2v) is 4.18. The molecule has 0 saturated carbocycles. The van der Waals surface area contributed by atoms with Crippen molar-refractivity contribution in [1.82, 2.24) is 0 Å². The average Bonchev–Trinajstić information content (AvgIpc) is 2.39. The van der Waals surface area contributed by atoms with Gasteiger partial charge in [-0.25, -0.2) is 0 Å². The minimum atomic E-state index is -0.213. The number of rotatable bonds is 3. The van der Waals surface area contributed by atoms with Gasteiger partial charge in [0.05, 0.1) is 13.2 Å². The van der Waals surface area contributed by atoms with E-state index in [0.717, 1.165) is 16.9 Å². The van der Waals surface area contributed by atoms with Crippen LogP contribution in [0.2, 0.25) is 5.02 Å². The molecule has 1 atom stereocenters. The van der Waals surface area contributed by atoms with Gasteiger partial charge in [0.2, 0.25) is 0 Å². The van der Waals surface area contributed by atoms with E-state index in [1.807, 2.05) is 48.5 Å². The number of methoxy groups -OCH3 is 1. The van der Waals surface area contributed by atoms with Crippen LogP contribution in [0.15, 0.2) is 48.5 Å². The maximum atomic E-state index is 6.18. The molecule has 0 aromatic heterocycles. The van der Waals surface area contributed by atoms with Crippen molar-refractivity contribution in [1.29, 1.82) is 0 Å². The molecule has 0 amide bonds. The van der Waals surface area contributed by atoms with E-state index in [9.17, 15) is 0 Å². The predicted octanol–water partition coefficient (Wildman–Crippen LogP) is 3.40. The Morgan fingerprint density at radius 1 is 1.06 bits per heavy atom. The highest BCUT2D eigenvalue weighted by molar-refractivity contribution is 6.31. The molecule has 2 N–H and O–H groups in total. The molecular weight excluding hydrogens is 234 g/mol. The van der Waals surface area contributed by atoms with Crippen LogP contribution in [0.3, 0.4) is 0 Å². The van der Waals surface area contributed by atoms with Gasteiger partial charge in [-0.05, 0) is 29.3 Å². The second-order valence-electron chi connectivity index (χ2n) is 3.77. The fourth-order valence-electron chi connectivity index (χ4n) is 1.72. The molecular formula is C14H14ClNO. The van der Waals surface area contributed by atoms with Crippen molar-refractivity contribution in [2.75, 3.05) is 7.11 Å². The minimum absolute atomic E-state index is 0.213. The first-order valence-corrected chi connectivity index (χ1v) is 5.74. The summed E-state index contributed by atoms with van der Waals surface area (Å²) in [5.41, 5.74) is 8.13. The van der Waals surface area contributed by atoms with E-state index < -0.39 is 0 Å². The SMILES string of the molecule is COc1ccc([C@H](N)c2ccccc2Cl)cc1. The lowest BCUT2D eigenvalue weighted by molar-refractivity contribution is 0.414. The lowest BCUT2D eigenvalue weighted by Crippen LogP contribution is -2.12. The number of nitrogens with two attached hydrogens (primary N) is 1. The van der Waals surface area contributed by atoms with Crippen LogP contribution in [0.5, 0.6) is 5.75 Å². The molecule has 0 aliphatic heterocycles. The summed E-state index contributed by atoms with van der Waals surface area (Å²) in [6.07, 6.45) is 0. The van der Waals surface area contributed by atoms with Crippen molar-refractivity contribution >= 4 is 11.6 Å². The van der Waals surface area contributed by atoms with E-state index in [-0.39, 0.29) is 6.04 Å². The number of halogens is 1. The molecule has 0 aliphatic carbocycles. The van der Waals surface area contributed by atoms with Gasteiger partial charge in [-0.1, -0.05) is 41.9 Å². The van der Waals surface area contributed by atoms with Crippen LogP contribution in [0.1, 0.15) is 17.2 Å². The van der Waals surface area contributed by atoms with E-state index in [1.54, 1.807) is 7.11 Å². The van der Waals surface area contributed by atoms with Crippen LogP contribution >= 0.6 is 11.6 Å². The normalized spacial score (nSPS) is 12.2. The van der Waals surface area contributed by atoms with Crippen LogP contribution in [0.25, 0.3) is 0 Å². The highest BCUT2D eigenvalue weighted by Gasteiger charge is 2.11. The topological polar surface area (TPSA) is 35.2 Å². The van der Waals surface area contributed by atoms with E-state index in [0.29, 0.717) is 5.02 Å². The molecule has 2 rings (SSSR count). The summed E-state index contributed by atoms with van der Waals surface area (Å²) in [7, 11) is 1.64. The highest BCUT2D eigenvalue weighted by atomic mass is 35.5. The number of hydrogen-bond acceptors (Lipinski definition) is 2. The second kappa shape index (κ2) is 5.21. The van der Waals surface area contributed by atoms with Gasteiger partial charge in [-0.15, -0.1) is 0 Å². The Kier molecular flexibility index (Phi) is 3.67. The van der Waals surface area contributed by atoms with Crippen LogP contribution in [0, 0.1) is 0 Å². The third kappa shape index (κ3) is 2.60. The van der Waals surface area contributed by atoms with Crippen LogP contribution in [-0.4, -0.2) is 7.11 Å². The highest BCUT2D eigenvalue weighted by Crippen LogP contribution is 2.27. The van der Waals surface area contributed by atoms with Crippen LogP contribution in [-0.2, 0) is 0 Å². The molecule has 0 bridgehead atoms. The molecule has 0 fully saturated rings. The van der Waals surface area contributed by atoms with Gasteiger partial charge >= 0.3 is 0 Å². The van der Waals surface area contributed by atoms with Crippen molar-refractivity contribution in [3.8, 4) is 5.75 Å². The molecule has 0 saturated heterocycles. The van der Waals surface area contributed by atoms with Crippen molar-refractivity contribution in [3.63, 3.8) is 0 Å². The third-order valence-corrected chi connectivity index (χ3v) is 3.06. The summed E-state index contributed by atoms with van der Waals surface area (Å²) < 4.78 is 5.11. The lowest BCUT2D eigenvalue weighted by atomic mass is 9.99. The number of ether oxygens (including phenoxy) is 1. The van der Waals surface area contributed by atoms with Crippen LogP contribution in [0.4, 0.5) is 0 Å². The summed E-state index contributed by atoms with van der Waals surface area (Å²) in [4.78, 5) is 0. The van der Waals surface area contributed by atoms with E-state index in [1.165, 1.54) is 0 Å². The fraction of sp³-hybridized carbons (Fsp3) is 0.143. The van der Waals surface area contributed by atoms with E-state index >= 15 is 0 Å². The summed E-state index contributed by atoms with van der Waals surface area (Å²) in [5, 5.41) is 0.691. The maximum Gasteiger partial charge on any atom is 0.118 e. The van der Waals surface area contributed by atoms with Crippen molar-refractivity contribution < 1.29 is 4.74 Å². The van der Waals surface area contributed by atoms with Gasteiger partial charge in [0.15, 0.2) is 0 Å². The molecule has 0 aliphatic rings. The molecule has 0 spiro atoms. The van der Waals surface area contributed by atoms with Gasteiger partial charge in [0.1, 0.15) is 5.75 Å². The van der Waals surface area contributed by atoms with Crippen molar-refractivity contribution in [2.45, 2.75) is 6.04 Å². The largest absolute Gasteiger partial charge is 0.497 e. The molecule has 2 nitrogen and oxygen atoms in total. The monoisotopic (exact) mass is 247 g/mol. The van der Waals surface area contributed by atoms with Crippen molar-refractivity contribution in [3.05, 3.63) is 64.7 Å². The average molecular weight is 248 g/mol. The summed E-state index contributed by atoms with van der Waals surface area (Å²) >= 11 is 6.12. The van der Waals surface area contributed by atoms with Crippen molar-refractivity contribution in [2.24, 2.45) is 5.73 Å². The van der Waals surface area contributed by atoms with Crippen LogP contribution < -0.4 is 10.5 Å². The fourth-order valence-corrected chi connectivity index (χ4v) is 1.97. The zero-order valence-corrected chi connectivity index (χ0v) is 10.3. The Labute approximate surface area is 106 Å². The zero-order valence-electron chi connectivity index (χ0n) is 9.56. The molecule has 17 heavy (non-hydrogen) atoms. The van der Waals surface area contributed by atoms with E-state index in [4.69, 9.17) is 22.1 Å². The Morgan fingerprint density at radius 2 is 1.71 bits per heavy atom. The molecule has 0 heterocycles. The number of benzene rings is 2. The first-order chi connectivity index (χ1) is 8.22. The Hall–Kier alpha value is -1.51. The summed E-state index contributed by atoms with van der Waals surface area (Å²) in [6, 6.07) is 15.1. The quantitative estimate of drug-likeness (QED) is 0.902. The van der Waals surface area contributed by atoms with Gasteiger partial charge in [-0.3, -0.25) is 0 Å². The Bertz CT molecular complexity index is 496. The molecule has 0 radical (unpaired) electrons. The summed E-state index contributed by atoms with van der Waals surface area (Å²) in [6.45, 7) is 0. The molecule has 88 valence electrons. The smallest absolute Gasteiger partial charge is 0.118 e. The molecule has 2 aromatic carbocycles. The first kappa shape index (κ1) is 12.0. The predicted molar refractivity (Wildman–Crippen MR) is 70.5 cm³/mol. The number of hydrogen-bond donors (Lipinski definition) is 1. The lowest BCUT2D eigenvalue weighted by Gasteiger charge is -2.14. The molecule has 0 unspecified atom stereocenters. The van der Waals surface area contributed by atoms with Gasteiger partial charge in [0, 0.05) is 5.02 Å². The van der Waals surface area contributed by atoms with Gasteiger partial charge in [0.25, 0.3) is 0 Å². The standard InChI is InChI=1S/C14H14ClNO/c1-17-11-8-6-10(7-9-11)14(16)12-4-2-3-5-13(12)15/h2-9,14H,16H2,1H3/t14-/m0/s1. The summed E-state index contributed by atoms with van der Waals surface area (Å²) in [5.74, 6) is 0.820. The minimum Gasteiger partial charge on any atom is -0.497 e. The molecule has 2 aromatic rings. The molecule has 3 heteroatoms. The Balaban J connectivity index is 2.30. The maximum absolute atomic E-state index is 6.18.